The maximum atomic E-state index is 11.8. The van der Waals surface area contributed by atoms with E-state index in [0.717, 1.165) is 18.4 Å². The Hall–Kier alpha value is -2.27. The van der Waals surface area contributed by atoms with Crippen molar-refractivity contribution in [2.45, 2.75) is 12.8 Å². The minimum atomic E-state index is -0.256. The molecule has 0 aliphatic heterocycles. The summed E-state index contributed by atoms with van der Waals surface area (Å²) >= 11 is 0. The van der Waals surface area contributed by atoms with Crippen molar-refractivity contribution in [1.29, 1.82) is 0 Å². The van der Waals surface area contributed by atoms with Gasteiger partial charge < -0.3 is 5.11 Å². The monoisotopic (exact) mass is 258 g/mol. The first-order chi connectivity index (χ1) is 9.29. The van der Waals surface area contributed by atoms with E-state index in [-0.39, 0.29) is 12.5 Å². The zero-order valence-electron chi connectivity index (χ0n) is 10.5. The van der Waals surface area contributed by atoms with Crippen LogP contribution in [0.2, 0.25) is 0 Å². The number of rotatable bonds is 5. The molecule has 0 aliphatic rings. The molecule has 0 spiro atoms. The second-order valence-corrected chi connectivity index (χ2v) is 4.10. The van der Waals surface area contributed by atoms with Gasteiger partial charge in [0.2, 0.25) is 0 Å². The Balaban J connectivity index is 1.98. The minimum absolute atomic E-state index is 0.186. The highest BCUT2D eigenvalue weighted by atomic mass is 16.2. The smallest absolute Gasteiger partial charge is 0.323 e. The van der Waals surface area contributed by atoms with Crippen molar-refractivity contribution in [3.05, 3.63) is 60.2 Å². The first kappa shape index (κ1) is 13.2. The van der Waals surface area contributed by atoms with E-state index in [0.29, 0.717) is 5.69 Å². The van der Waals surface area contributed by atoms with Gasteiger partial charge in [-0.05, 0) is 30.5 Å². The normalized spacial score (nSPS) is 10.2. The zero-order chi connectivity index (χ0) is 13.5. The van der Waals surface area contributed by atoms with E-state index < -0.39 is 0 Å². The van der Waals surface area contributed by atoms with Crippen LogP contribution in [0.15, 0.2) is 48.9 Å². The van der Waals surface area contributed by atoms with Crippen molar-refractivity contribution in [3.8, 4) is 0 Å². The number of carbonyl (C=O) groups is 1. The highest BCUT2D eigenvalue weighted by Crippen LogP contribution is 1.99. The molecule has 0 saturated carbocycles. The molecule has 0 saturated heterocycles. The summed E-state index contributed by atoms with van der Waals surface area (Å²) in [4.78, 5) is 15.8. The summed E-state index contributed by atoms with van der Waals surface area (Å²) < 4.78 is 1.58. The number of nitrogens with zero attached hydrogens (tertiary/aromatic N) is 2. The molecular formula is C14H16N3O2+. The number of pyridine rings is 2. The molecule has 2 heterocycles. The molecule has 0 aliphatic carbocycles. The molecule has 5 nitrogen and oxygen atoms in total. The maximum Gasteiger partial charge on any atom is 0.323 e. The lowest BCUT2D eigenvalue weighted by molar-refractivity contribution is -0.641. The third kappa shape index (κ3) is 3.86. The predicted molar refractivity (Wildman–Crippen MR) is 70.0 cm³/mol. The highest BCUT2D eigenvalue weighted by Gasteiger charge is 2.10. The molecule has 2 N–H and O–H groups in total. The molecular weight excluding hydrogens is 242 g/mol. The van der Waals surface area contributed by atoms with E-state index in [1.807, 2.05) is 12.1 Å². The quantitative estimate of drug-likeness (QED) is 0.775. The number of hydrogen-bond acceptors (Lipinski definition) is 3. The number of aliphatic hydroxyl groups excluding tert-OH is 1. The van der Waals surface area contributed by atoms with Crippen LogP contribution in [0.5, 0.6) is 0 Å². The summed E-state index contributed by atoms with van der Waals surface area (Å²) in [5.74, 6) is -0.256. The lowest BCUT2D eigenvalue weighted by Gasteiger charge is -2.00. The van der Waals surface area contributed by atoms with Gasteiger partial charge >= 0.3 is 5.91 Å². The highest BCUT2D eigenvalue weighted by molar-refractivity contribution is 5.96. The molecule has 0 bridgehead atoms. The van der Waals surface area contributed by atoms with Crippen LogP contribution in [0.4, 0.5) is 0 Å². The van der Waals surface area contributed by atoms with Crippen LogP contribution in [-0.2, 0) is 6.42 Å². The number of aromatic nitrogens is 2. The van der Waals surface area contributed by atoms with Crippen LogP contribution < -0.4 is 10.1 Å². The van der Waals surface area contributed by atoms with Gasteiger partial charge in [-0.2, -0.15) is 0 Å². The van der Waals surface area contributed by atoms with Gasteiger partial charge in [0.1, 0.15) is 5.69 Å². The summed E-state index contributed by atoms with van der Waals surface area (Å²) in [7, 11) is 0. The molecule has 0 fully saturated rings. The fourth-order valence-corrected chi connectivity index (χ4v) is 1.65. The summed E-state index contributed by atoms with van der Waals surface area (Å²) in [6.07, 6.45) is 6.69. The van der Waals surface area contributed by atoms with Gasteiger partial charge in [-0.1, -0.05) is 10.7 Å². The molecule has 1 amide bonds. The van der Waals surface area contributed by atoms with Crippen molar-refractivity contribution in [2.24, 2.45) is 0 Å². The fourth-order valence-electron chi connectivity index (χ4n) is 1.65. The average Bonchev–Trinajstić information content (AvgIpc) is 2.47. The fraction of sp³-hybridized carbons (Fsp3) is 0.214. The van der Waals surface area contributed by atoms with Crippen molar-refractivity contribution in [2.75, 3.05) is 12.0 Å². The van der Waals surface area contributed by atoms with Gasteiger partial charge in [-0.3, -0.25) is 9.78 Å². The van der Waals surface area contributed by atoms with Crippen molar-refractivity contribution in [3.63, 3.8) is 0 Å². The van der Waals surface area contributed by atoms with E-state index in [1.165, 1.54) is 0 Å². The number of hydrogen-bond donors (Lipinski definition) is 2. The Morgan fingerprint density at radius 1 is 1.26 bits per heavy atom. The van der Waals surface area contributed by atoms with E-state index in [4.69, 9.17) is 5.11 Å². The molecule has 0 unspecified atom stereocenters. The van der Waals surface area contributed by atoms with Crippen LogP contribution in [0, 0.1) is 0 Å². The molecule has 5 heteroatoms. The Bertz CT molecular complexity index is 526. The number of carbonyl (C=O) groups excluding carboxylic acids is 1. The summed E-state index contributed by atoms with van der Waals surface area (Å²) in [6.45, 7) is 0.186. The molecule has 0 atom stereocenters. The standard InChI is InChI=1S/C14H15N3O2/c18-11-3-4-12-6-9-17(10-7-12)16-14(19)13-5-1-2-8-15-13/h1-2,5-10,18H,3-4,11H2/p+1. The number of aliphatic hydroxyl groups is 1. The third-order valence-corrected chi connectivity index (χ3v) is 2.65. The molecule has 2 rings (SSSR count). The minimum Gasteiger partial charge on any atom is -0.396 e. The average molecular weight is 258 g/mol. The van der Waals surface area contributed by atoms with Gasteiger partial charge in [0.25, 0.3) is 0 Å². The zero-order valence-corrected chi connectivity index (χ0v) is 10.5. The lowest BCUT2D eigenvalue weighted by atomic mass is 10.1. The van der Waals surface area contributed by atoms with Crippen LogP contribution in [0.1, 0.15) is 22.5 Å². The number of amides is 1. The number of aryl methyl sites for hydroxylation is 1. The van der Waals surface area contributed by atoms with E-state index in [1.54, 1.807) is 41.5 Å². The summed E-state index contributed by atoms with van der Waals surface area (Å²) in [6, 6.07) is 9.01. The van der Waals surface area contributed by atoms with Crippen molar-refractivity contribution < 1.29 is 14.6 Å². The van der Waals surface area contributed by atoms with Crippen molar-refractivity contribution >= 4 is 5.91 Å². The van der Waals surface area contributed by atoms with Gasteiger partial charge in [0.05, 0.1) is 0 Å². The van der Waals surface area contributed by atoms with Gasteiger partial charge in [-0.15, -0.1) is 5.43 Å². The van der Waals surface area contributed by atoms with Gasteiger partial charge in [0.15, 0.2) is 12.4 Å². The Kier molecular flexibility index (Phi) is 4.58. The van der Waals surface area contributed by atoms with E-state index in [9.17, 15) is 4.79 Å². The second-order valence-electron chi connectivity index (χ2n) is 4.10. The second kappa shape index (κ2) is 6.61. The molecule has 2 aromatic heterocycles. The Morgan fingerprint density at radius 2 is 2.05 bits per heavy atom. The first-order valence-corrected chi connectivity index (χ1v) is 6.13. The molecule has 0 aromatic carbocycles. The maximum absolute atomic E-state index is 11.8. The Morgan fingerprint density at radius 3 is 2.68 bits per heavy atom. The molecule has 19 heavy (non-hydrogen) atoms. The van der Waals surface area contributed by atoms with Crippen LogP contribution in [0.3, 0.4) is 0 Å². The first-order valence-electron chi connectivity index (χ1n) is 6.13. The van der Waals surface area contributed by atoms with Crippen LogP contribution in [-0.4, -0.2) is 22.6 Å². The Labute approximate surface area is 111 Å². The molecule has 0 radical (unpaired) electrons. The van der Waals surface area contributed by atoms with Gasteiger partial charge in [0, 0.05) is 24.9 Å². The van der Waals surface area contributed by atoms with Crippen molar-refractivity contribution in [1.82, 2.24) is 4.98 Å². The van der Waals surface area contributed by atoms with Crippen LogP contribution in [0.25, 0.3) is 0 Å². The molecule has 98 valence electrons. The largest absolute Gasteiger partial charge is 0.396 e. The predicted octanol–water partition coefficient (Wildman–Crippen LogP) is 0.678. The van der Waals surface area contributed by atoms with Crippen LogP contribution >= 0.6 is 0 Å². The SMILES string of the molecule is O=C(N[n+]1ccc(CCCO)cc1)c1ccccn1. The molecule has 2 aromatic rings. The van der Waals surface area contributed by atoms with Gasteiger partial charge in [-0.25, -0.2) is 0 Å². The van der Waals surface area contributed by atoms with E-state index in [2.05, 4.69) is 10.4 Å². The summed E-state index contributed by atoms with van der Waals surface area (Å²) in [5, 5.41) is 8.76. The van der Waals surface area contributed by atoms with E-state index >= 15 is 0 Å². The topological polar surface area (TPSA) is 66.1 Å². The lowest BCUT2D eigenvalue weighted by Crippen LogP contribution is -2.47. The number of nitrogens with one attached hydrogen (secondary N) is 1. The third-order valence-electron chi connectivity index (χ3n) is 2.65. The summed E-state index contributed by atoms with van der Waals surface area (Å²) in [5.41, 5.74) is 4.20.